The van der Waals surface area contributed by atoms with Gasteiger partial charge in [0.05, 0.1) is 6.04 Å². The third-order valence-electron chi connectivity index (χ3n) is 3.94. The molecule has 0 radical (unpaired) electrons. The standard InChI is InChI=1S/C21H24FNO4/c1-3-7-19(16-8-5-4-6-9-16)23-21(25)15(2)27-20(24)14-26-18-12-10-17(22)11-13-18/h4-6,8-13,15,19H,3,7,14H2,1-2H3,(H,23,25)/t15-,19+/m1/s1. The van der Waals surface area contributed by atoms with Crippen molar-refractivity contribution in [2.24, 2.45) is 0 Å². The number of halogens is 1. The maximum absolute atomic E-state index is 12.8. The van der Waals surface area contributed by atoms with E-state index in [4.69, 9.17) is 9.47 Å². The summed E-state index contributed by atoms with van der Waals surface area (Å²) in [6, 6.07) is 14.8. The van der Waals surface area contributed by atoms with Crippen LogP contribution in [0.15, 0.2) is 54.6 Å². The zero-order chi connectivity index (χ0) is 19.6. The smallest absolute Gasteiger partial charge is 0.344 e. The Bertz CT molecular complexity index is 734. The van der Waals surface area contributed by atoms with E-state index in [-0.39, 0.29) is 18.6 Å². The van der Waals surface area contributed by atoms with Gasteiger partial charge in [0.25, 0.3) is 5.91 Å². The van der Waals surface area contributed by atoms with Crippen molar-refractivity contribution in [1.29, 1.82) is 0 Å². The van der Waals surface area contributed by atoms with Crippen LogP contribution in [0.4, 0.5) is 4.39 Å². The van der Waals surface area contributed by atoms with Gasteiger partial charge in [-0.1, -0.05) is 43.7 Å². The molecule has 0 spiro atoms. The summed E-state index contributed by atoms with van der Waals surface area (Å²) in [4.78, 5) is 24.3. The number of nitrogens with one attached hydrogen (secondary N) is 1. The number of carbonyl (C=O) groups is 2. The normalized spacial score (nSPS) is 12.7. The maximum Gasteiger partial charge on any atom is 0.344 e. The fourth-order valence-corrected chi connectivity index (χ4v) is 2.54. The van der Waals surface area contributed by atoms with Crippen LogP contribution in [0.2, 0.25) is 0 Å². The molecule has 0 bridgehead atoms. The molecule has 0 aliphatic heterocycles. The van der Waals surface area contributed by atoms with Crippen LogP contribution in [-0.2, 0) is 14.3 Å². The Balaban J connectivity index is 1.84. The fourth-order valence-electron chi connectivity index (χ4n) is 2.54. The van der Waals surface area contributed by atoms with E-state index in [0.29, 0.717) is 5.75 Å². The van der Waals surface area contributed by atoms with E-state index in [2.05, 4.69) is 5.32 Å². The molecule has 0 aliphatic carbocycles. The number of esters is 1. The quantitative estimate of drug-likeness (QED) is 0.679. The molecule has 2 rings (SSSR count). The van der Waals surface area contributed by atoms with Gasteiger partial charge in [-0.15, -0.1) is 0 Å². The molecule has 5 nitrogen and oxygen atoms in total. The monoisotopic (exact) mass is 373 g/mol. The van der Waals surface area contributed by atoms with E-state index in [1.165, 1.54) is 31.2 Å². The second-order valence-electron chi connectivity index (χ2n) is 6.14. The van der Waals surface area contributed by atoms with Crippen molar-refractivity contribution in [3.05, 3.63) is 66.0 Å². The molecule has 0 aliphatic rings. The number of rotatable bonds is 9. The number of benzene rings is 2. The summed E-state index contributed by atoms with van der Waals surface area (Å²) in [5.41, 5.74) is 1.01. The van der Waals surface area contributed by atoms with Crippen molar-refractivity contribution in [3.63, 3.8) is 0 Å². The lowest BCUT2D eigenvalue weighted by atomic mass is 10.0. The summed E-state index contributed by atoms with van der Waals surface area (Å²) in [5, 5.41) is 2.92. The average molecular weight is 373 g/mol. The zero-order valence-electron chi connectivity index (χ0n) is 15.5. The molecule has 0 aromatic heterocycles. The van der Waals surface area contributed by atoms with Gasteiger partial charge in [0, 0.05) is 0 Å². The zero-order valence-corrected chi connectivity index (χ0v) is 15.5. The minimum atomic E-state index is -0.947. The van der Waals surface area contributed by atoms with Crippen molar-refractivity contribution in [1.82, 2.24) is 5.32 Å². The summed E-state index contributed by atoms with van der Waals surface area (Å²) in [6.07, 6.45) is 0.737. The molecule has 2 aromatic rings. The summed E-state index contributed by atoms with van der Waals surface area (Å²) in [6.45, 7) is 3.19. The molecule has 0 unspecified atom stereocenters. The van der Waals surface area contributed by atoms with Crippen LogP contribution in [0.5, 0.6) is 5.75 Å². The predicted octanol–water partition coefficient (Wildman–Crippen LogP) is 3.79. The second kappa shape index (κ2) is 10.3. The molecule has 27 heavy (non-hydrogen) atoms. The number of hydrogen-bond donors (Lipinski definition) is 1. The molecule has 0 fully saturated rings. The van der Waals surface area contributed by atoms with Crippen molar-refractivity contribution < 1.29 is 23.5 Å². The Labute approximate surface area is 158 Å². The highest BCUT2D eigenvalue weighted by molar-refractivity contribution is 5.84. The first-order chi connectivity index (χ1) is 13.0. The molecule has 1 amide bonds. The molecular formula is C21H24FNO4. The number of amides is 1. The van der Waals surface area contributed by atoms with Gasteiger partial charge in [-0.2, -0.15) is 0 Å². The van der Waals surface area contributed by atoms with E-state index < -0.39 is 17.9 Å². The third kappa shape index (κ3) is 6.73. The van der Waals surface area contributed by atoms with E-state index in [9.17, 15) is 14.0 Å². The van der Waals surface area contributed by atoms with E-state index >= 15 is 0 Å². The Morgan fingerprint density at radius 3 is 2.37 bits per heavy atom. The summed E-state index contributed by atoms with van der Waals surface area (Å²) in [5.74, 6) is -1.09. The van der Waals surface area contributed by atoms with Gasteiger partial charge in [0.15, 0.2) is 12.7 Å². The van der Waals surface area contributed by atoms with Crippen molar-refractivity contribution in [2.45, 2.75) is 38.8 Å². The predicted molar refractivity (Wildman–Crippen MR) is 99.7 cm³/mol. The third-order valence-corrected chi connectivity index (χ3v) is 3.94. The Morgan fingerprint density at radius 2 is 1.74 bits per heavy atom. The highest BCUT2D eigenvalue weighted by Crippen LogP contribution is 2.18. The molecule has 2 aromatic carbocycles. The lowest BCUT2D eigenvalue weighted by Crippen LogP contribution is -2.38. The number of ether oxygens (including phenoxy) is 2. The van der Waals surface area contributed by atoms with Crippen LogP contribution >= 0.6 is 0 Å². The van der Waals surface area contributed by atoms with E-state index in [1.54, 1.807) is 0 Å². The minimum absolute atomic E-state index is 0.139. The summed E-state index contributed by atoms with van der Waals surface area (Å²) >= 11 is 0. The van der Waals surface area contributed by atoms with Gasteiger partial charge < -0.3 is 14.8 Å². The first kappa shape index (κ1) is 20.4. The highest BCUT2D eigenvalue weighted by Gasteiger charge is 2.21. The Hall–Kier alpha value is -2.89. The van der Waals surface area contributed by atoms with Crippen LogP contribution in [0, 0.1) is 5.82 Å². The highest BCUT2D eigenvalue weighted by atomic mass is 19.1. The molecule has 144 valence electrons. The maximum atomic E-state index is 12.8. The lowest BCUT2D eigenvalue weighted by Gasteiger charge is -2.21. The van der Waals surface area contributed by atoms with Gasteiger partial charge in [-0.25, -0.2) is 9.18 Å². The van der Waals surface area contributed by atoms with Crippen LogP contribution in [0.3, 0.4) is 0 Å². The molecule has 2 atom stereocenters. The van der Waals surface area contributed by atoms with Crippen LogP contribution in [0.25, 0.3) is 0 Å². The summed E-state index contributed by atoms with van der Waals surface area (Å²) in [7, 11) is 0. The number of carbonyl (C=O) groups excluding carboxylic acids is 2. The SMILES string of the molecule is CCC[C@H](NC(=O)[C@@H](C)OC(=O)COc1ccc(F)cc1)c1ccccc1. The van der Waals surface area contributed by atoms with Gasteiger partial charge in [-0.05, 0) is 43.2 Å². The summed E-state index contributed by atoms with van der Waals surface area (Å²) < 4.78 is 23.2. The molecule has 6 heteroatoms. The van der Waals surface area contributed by atoms with E-state index in [0.717, 1.165) is 18.4 Å². The molecule has 0 saturated carbocycles. The average Bonchev–Trinajstić information content (AvgIpc) is 2.67. The van der Waals surface area contributed by atoms with Crippen molar-refractivity contribution >= 4 is 11.9 Å². The van der Waals surface area contributed by atoms with Crippen LogP contribution < -0.4 is 10.1 Å². The second-order valence-corrected chi connectivity index (χ2v) is 6.14. The van der Waals surface area contributed by atoms with Gasteiger partial charge in [-0.3, -0.25) is 4.79 Å². The van der Waals surface area contributed by atoms with Crippen LogP contribution in [-0.4, -0.2) is 24.6 Å². The largest absolute Gasteiger partial charge is 0.482 e. The molecule has 0 heterocycles. The lowest BCUT2D eigenvalue weighted by molar-refractivity contribution is -0.156. The number of hydrogen-bond acceptors (Lipinski definition) is 4. The van der Waals surface area contributed by atoms with Gasteiger partial charge in [0.2, 0.25) is 0 Å². The van der Waals surface area contributed by atoms with Crippen LogP contribution in [0.1, 0.15) is 38.3 Å². The first-order valence-electron chi connectivity index (χ1n) is 8.92. The Morgan fingerprint density at radius 1 is 1.07 bits per heavy atom. The molecular weight excluding hydrogens is 349 g/mol. The van der Waals surface area contributed by atoms with Gasteiger partial charge in [0.1, 0.15) is 11.6 Å². The fraction of sp³-hybridized carbons (Fsp3) is 0.333. The Kier molecular flexibility index (Phi) is 7.79. The van der Waals surface area contributed by atoms with E-state index in [1.807, 2.05) is 37.3 Å². The van der Waals surface area contributed by atoms with Crippen molar-refractivity contribution in [3.8, 4) is 5.75 Å². The minimum Gasteiger partial charge on any atom is -0.482 e. The first-order valence-corrected chi connectivity index (χ1v) is 8.92. The topological polar surface area (TPSA) is 64.6 Å². The molecule has 0 saturated heterocycles. The van der Waals surface area contributed by atoms with Crippen molar-refractivity contribution in [2.75, 3.05) is 6.61 Å². The molecule has 1 N–H and O–H groups in total. The van der Waals surface area contributed by atoms with Gasteiger partial charge >= 0.3 is 5.97 Å².